The van der Waals surface area contributed by atoms with E-state index >= 15 is 0 Å². The Bertz CT molecular complexity index is 720. The van der Waals surface area contributed by atoms with Crippen molar-refractivity contribution >= 4 is 17.7 Å². The van der Waals surface area contributed by atoms with Crippen LogP contribution in [0.4, 0.5) is 0 Å². The first-order valence-corrected chi connectivity index (χ1v) is 7.19. The first-order valence-electron chi connectivity index (χ1n) is 7.19. The van der Waals surface area contributed by atoms with Gasteiger partial charge in [0, 0.05) is 11.1 Å². The highest BCUT2D eigenvalue weighted by Crippen LogP contribution is 2.55. The number of carbonyl (C=O) groups excluding carboxylic acids is 3. The van der Waals surface area contributed by atoms with Crippen LogP contribution in [-0.2, 0) is 34.4 Å². The highest BCUT2D eigenvalue weighted by Gasteiger charge is 2.67. The minimum absolute atomic E-state index is 0.266. The van der Waals surface area contributed by atoms with Gasteiger partial charge in [-0.2, -0.15) is 0 Å². The second-order valence-electron chi connectivity index (χ2n) is 5.56. The Morgan fingerprint density at radius 3 is 2.39 bits per heavy atom. The van der Waals surface area contributed by atoms with Crippen molar-refractivity contribution in [1.82, 2.24) is 0 Å². The Balaban J connectivity index is 2.20. The van der Waals surface area contributed by atoms with E-state index in [2.05, 4.69) is 0 Å². The SMILES string of the molecule is COC(=O)[C@@H]1C(=O)O[C@@]2(c3ccccc3)OC(C)=C(C(C)=O)[C@@H]12. The molecule has 1 saturated heterocycles. The van der Waals surface area contributed by atoms with Crippen LogP contribution in [0.25, 0.3) is 0 Å². The molecule has 6 nitrogen and oxygen atoms in total. The number of Topliss-reactive ketones (excluding diaryl/α,β-unsaturated/α-hetero) is 1. The summed E-state index contributed by atoms with van der Waals surface area (Å²) in [6.07, 6.45) is 0. The van der Waals surface area contributed by atoms with Gasteiger partial charge in [0.2, 0.25) is 0 Å². The van der Waals surface area contributed by atoms with Crippen molar-refractivity contribution in [2.24, 2.45) is 11.8 Å². The summed E-state index contributed by atoms with van der Waals surface area (Å²) in [5.74, 6) is -4.99. The Morgan fingerprint density at radius 1 is 1.17 bits per heavy atom. The number of carbonyl (C=O) groups is 3. The van der Waals surface area contributed by atoms with Gasteiger partial charge < -0.3 is 14.2 Å². The summed E-state index contributed by atoms with van der Waals surface area (Å²) in [5, 5.41) is 0. The minimum Gasteiger partial charge on any atom is -0.468 e. The molecule has 3 atom stereocenters. The average Bonchev–Trinajstić information content (AvgIpc) is 2.96. The Kier molecular flexibility index (Phi) is 3.47. The Labute approximate surface area is 133 Å². The maximum Gasteiger partial charge on any atom is 0.324 e. The van der Waals surface area contributed by atoms with Crippen LogP contribution in [0.3, 0.4) is 0 Å². The van der Waals surface area contributed by atoms with Gasteiger partial charge in [0.25, 0.3) is 5.79 Å². The number of hydrogen-bond donors (Lipinski definition) is 0. The van der Waals surface area contributed by atoms with E-state index in [0.717, 1.165) is 0 Å². The summed E-state index contributed by atoms with van der Waals surface area (Å²) in [6.45, 7) is 3.00. The molecular weight excluding hydrogens is 300 g/mol. The average molecular weight is 316 g/mol. The molecule has 2 heterocycles. The summed E-state index contributed by atoms with van der Waals surface area (Å²) in [7, 11) is 1.19. The molecule has 0 spiro atoms. The lowest BCUT2D eigenvalue weighted by Gasteiger charge is -2.28. The van der Waals surface area contributed by atoms with Gasteiger partial charge >= 0.3 is 11.9 Å². The van der Waals surface area contributed by atoms with E-state index in [4.69, 9.17) is 14.2 Å². The molecule has 0 aliphatic carbocycles. The summed E-state index contributed by atoms with van der Waals surface area (Å²) in [6, 6.07) is 8.81. The molecule has 0 unspecified atom stereocenters. The van der Waals surface area contributed by atoms with E-state index in [0.29, 0.717) is 11.3 Å². The Hall–Kier alpha value is -2.63. The molecule has 2 aliphatic rings. The van der Waals surface area contributed by atoms with Crippen molar-refractivity contribution in [2.45, 2.75) is 19.6 Å². The monoisotopic (exact) mass is 316 g/mol. The Morgan fingerprint density at radius 2 is 1.83 bits per heavy atom. The van der Waals surface area contributed by atoms with Crippen molar-refractivity contribution in [3.63, 3.8) is 0 Å². The molecule has 0 amide bonds. The molecule has 0 radical (unpaired) electrons. The molecule has 0 aromatic heterocycles. The second kappa shape index (κ2) is 5.22. The summed E-state index contributed by atoms with van der Waals surface area (Å²) in [5.41, 5.74) is 0.857. The van der Waals surface area contributed by atoms with Crippen LogP contribution in [0, 0.1) is 11.8 Å². The van der Waals surface area contributed by atoms with Crippen molar-refractivity contribution in [1.29, 1.82) is 0 Å². The van der Waals surface area contributed by atoms with E-state index in [1.807, 2.05) is 6.07 Å². The summed E-state index contributed by atoms with van der Waals surface area (Å²) >= 11 is 0. The fourth-order valence-corrected chi connectivity index (χ4v) is 3.37. The molecule has 6 heteroatoms. The molecule has 0 bridgehead atoms. The lowest BCUT2D eigenvalue weighted by atomic mass is 9.79. The summed E-state index contributed by atoms with van der Waals surface area (Å²) in [4.78, 5) is 36.5. The zero-order valence-electron chi connectivity index (χ0n) is 13.0. The molecule has 1 aromatic carbocycles. The van der Waals surface area contributed by atoms with Gasteiger partial charge in [0.1, 0.15) is 5.76 Å². The van der Waals surface area contributed by atoms with Crippen molar-refractivity contribution in [3.8, 4) is 0 Å². The largest absolute Gasteiger partial charge is 0.468 e. The molecular formula is C17H16O6. The van der Waals surface area contributed by atoms with Crippen molar-refractivity contribution in [2.75, 3.05) is 7.11 Å². The molecule has 3 rings (SSSR count). The number of esters is 2. The van der Waals surface area contributed by atoms with Gasteiger partial charge in [-0.1, -0.05) is 30.3 Å². The molecule has 0 N–H and O–H groups in total. The number of fused-ring (bicyclic) bond motifs is 1. The van der Waals surface area contributed by atoms with E-state index in [1.165, 1.54) is 14.0 Å². The number of allylic oxidation sites excluding steroid dienone is 1. The van der Waals surface area contributed by atoms with Crippen LogP contribution in [-0.4, -0.2) is 24.8 Å². The number of ketones is 1. The standard InChI is InChI=1S/C17H16O6/c1-9(18)12-10(2)22-17(11-7-5-4-6-8-11)14(12)13(15(19)21-3)16(20)23-17/h4-8,13-14H,1-3H3/t13-,14+,17-/m1/s1. The zero-order valence-corrected chi connectivity index (χ0v) is 13.0. The lowest BCUT2D eigenvalue weighted by Crippen LogP contribution is -2.36. The van der Waals surface area contributed by atoms with Crippen LogP contribution >= 0.6 is 0 Å². The fourth-order valence-electron chi connectivity index (χ4n) is 3.37. The second-order valence-corrected chi connectivity index (χ2v) is 5.56. The van der Waals surface area contributed by atoms with E-state index < -0.39 is 29.6 Å². The third-order valence-corrected chi connectivity index (χ3v) is 4.25. The maximum atomic E-state index is 12.3. The maximum absolute atomic E-state index is 12.3. The number of rotatable bonds is 3. The van der Waals surface area contributed by atoms with Crippen LogP contribution in [0.2, 0.25) is 0 Å². The van der Waals surface area contributed by atoms with Crippen molar-refractivity contribution < 1.29 is 28.6 Å². The van der Waals surface area contributed by atoms with Gasteiger partial charge in [-0.15, -0.1) is 0 Å². The number of hydrogen-bond acceptors (Lipinski definition) is 6. The first-order chi connectivity index (χ1) is 10.9. The number of benzene rings is 1. The quantitative estimate of drug-likeness (QED) is 0.624. The van der Waals surface area contributed by atoms with Crippen LogP contribution < -0.4 is 0 Å². The third kappa shape index (κ3) is 2.05. The highest BCUT2D eigenvalue weighted by atomic mass is 16.7. The van der Waals surface area contributed by atoms with E-state index in [9.17, 15) is 14.4 Å². The molecule has 1 aromatic rings. The van der Waals surface area contributed by atoms with Gasteiger partial charge in [-0.05, 0) is 13.8 Å². The predicted octanol–water partition coefficient (Wildman–Crippen LogP) is 1.69. The summed E-state index contributed by atoms with van der Waals surface area (Å²) < 4.78 is 16.1. The van der Waals surface area contributed by atoms with Crippen LogP contribution in [0.5, 0.6) is 0 Å². The van der Waals surface area contributed by atoms with Crippen LogP contribution in [0.1, 0.15) is 19.4 Å². The predicted molar refractivity (Wildman–Crippen MR) is 77.7 cm³/mol. The van der Waals surface area contributed by atoms with E-state index in [-0.39, 0.29) is 11.4 Å². The fraction of sp³-hybridized carbons (Fsp3) is 0.353. The van der Waals surface area contributed by atoms with Crippen molar-refractivity contribution in [3.05, 3.63) is 47.2 Å². The van der Waals surface area contributed by atoms with Gasteiger partial charge in [-0.3, -0.25) is 14.4 Å². The lowest BCUT2D eigenvalue weighted by molar-refractivity contribution is -0.203. The number of ether oxygens (including phenoxy) is 3. The highest BCUT2D eigenvalue weighted by molar-refractivity contribution is 6.03. The molecule has 0 saturated carbocycles. The topological polar surface area (TPSA) is 78.9 Å². The molecule has 120 valence electrons. The third-order valence-electron chi connectivity index (χ3n) is 4.25. The number of methoxy groups -OCH3 is 1. The van der Waals surface area contributed by atoms with Gasteiger partial charge in [0.05, 0.1) is 13.0 Å². The molecule has 1 fully saturated rings. The van der Waals surface area contributed by atoms with Crippen LogP contribution in [0.15, 0.2) is 41.7 Å². The van der Waals surface area contributed by atoms with Gasteiger partial charge in [-0.25, -0.2) is 0 Å². The first kappa shape index (κ1) is 15.3. The zero-order chi connectivity index (χ0) is 16.8. The van der Waals surface area contributed by atoms with Gasteiger partial charge in [0.15, 0.2) is 11.7 Å². The molecule has 23 heavy (non-hydrogen) atoms. The normalized spacial score (nSPS) is 28.9. The smallest absolute Gasteiger partial charge is 0.324 e. The minimum atomic E-state index is -1.50. The molecule has 2 aliphatic heterocycles. The van der Waals surface area contributed by atoms with E-state index in [1.54, 1.807) is 31.2 Å².